The quantitative estimate of drug-likeness (QED) is 0.0373. The van der Waals surface area contributed by atoms with Gasteiger partial charge >= 0.3 is 11.9 Å². The Morgan fingerprint density at radius 3 is 0.793 bits per heavy atom. The summed E-state index contributed by atoms with van der Waals surface area (Å²) in [5, 5.41) is 9.70. The van der Waals surface area contributed by atoms with Crippen molar-refractivity contribution in [2.24, 2.45) is 0 Å². The molecule has 5 heteroatoms. The molecule has 5 nitrogen and oxygen atoms in total. The number of aliphatic hydroxyl groups is 1. The summed E-state index contributed by atoms with van der Waals surface area (Å²) in [4.78, 5) is 24.6. The van der Waals surface area contributed by atoms with E-state index < -0.39 is 6.10 Å². The maximum absolute atomic E-state index is 12.4. The molecule has 0 aliphatic heterocycles. The third kappa shape index (κ3) is 68.8. The van der Waals surface area contributed by atoms with E-state index in [1.165, 1.54) is 205 Å². The lowest BCUT2D eigenvalue weighted by atomic mass is 10.0. The second-order valence-corrected chi connectivity index (χ2v) is 23.2. The monoisotopic (exact) mass is 1140 g/mol. The van der Waals surface area contributed by atoms with E-state index in [0.29, 0.717) is 12.8 Å². The Bertz CT molecular complexity index is 1620. The highest BCUT2D eigenvalue weighted by Crippen LogP contribution is 2.18. The van der Waals surface area contributed by atoms with Crippen LogP contribution in [-0.4, -0.2) is 36.4 Å². The van der Waals surface area contributed by atoms with Gasteiger partial charge in [-0.2, -0.15) is 0 Å². The maximum atomic E-state index is 12.4. The van der Waals surface area contributed by atoms with Crippen molar-refractivity contribution in [3.05, 3.63) is 122 Å². The lowest BCUT2D eigenvalue weighted by Gasteiger charge is -2.15. The van der Waals surface area contributed by atoms with Gasteiger partial charge in [0.15, 0.2) is 6.10 Å². The molecular formula is C77H132O5. The third-order valence-electron chi connectivity index (χ3n) is 15.3. The van der Waals surface area contributed by atoms with Crippen molar-refractivity contribution < 1.29 is 24.2 Å². The fourth-order valence-corrected chi connectivity index (χ4v) is 10.1. The van der Waals surface area contributed by atoms with Gasteiger partial charge in [0.1, 0.15) is 6.61 Å². The Morgan fingerprint density at radius 1 is 0.293 bits per heavy atom. The van der Waals surface area contributed by atoms with Gasteiger partial charge in [-0.25, -0.2) is 0 Å². The molecule has 0 aliphatic rings. The van der Waals surface area contributed by atoms with Crippen molar-refractivity contribution in [3.8, 4) is 0 Å². The molecule has 0 rings (SSSR count). The summed E-state index contributed by atoms with van der Waals surface area (Å²) >= 11 is 0. The average Bonchev–Trinajstić information content (AvgIpc) is 3.49. The molecule has 470 valence electrons. The molecule has 0 radical (unpaired) electrons. The number of carbonyl (C=O) groups excluding carboxylic acids is 2. The number of rotatable bonds is 64. The normalized spacial score (nSPS) is 13.0. The molecule has 0 aromatic rings. The standard InChI is InChI=1S/C77H132O5/c1-3-5-7-9-11-13-15-17-19-21-23-25-27-29-31-32-33-34-35-36-37-38-39-40-41-42-43-44-46-48-50-52-54-56-58-60-62-64-66-68-70-72-77(80)82-75(73-78)74-81-76(79)71-69-67-65-63-61-59-57-55-53-51-49-47-45-30-28-26-24-22-20-18-16-14-12-10-8-6-4-2/h5,7,11,13,17,19,23,25,29,31,33-34,36-37,39-40,42-43,46,48,75,78H,3-4,6,8-10,12,14-16,18,20-22,24,26-28,30,32,35,38,41,44-45,47,49-74H2,1-2H3/b7-5-,13-11-,19-17-,25-23-,31-29-,34-33-,37-36-,40-39-,43-42-,48-46-. The van der Waals surface area contributed by atoms with Gasteiger partial charge in [-0.3, -0.25) is 9.59 Å². The van der Waals surface area contributed by atoms with Crippen LogP contribution < -0.4 is 0 Å². The number of allylic oxidation sites excluding steroid dienone is 20. The minimum Gasteiger partial charge on any atom is -0.462 e. The van der Waals surface area contributed by atoms with E-state index in [-0.39, 0.29) is 25.2 Å². The minimum absolute atomic E-state index is 0.0688. The summed E-state index contributed by atoms with van der Waals surface area (Å²) in [5.74, 6) is -0.586. The van der Waals surface area contributed by atoms with E-state index in [1.54, 1.807) is 0 Å². The molecule has 1 unspecified atom stereocenters. The second-order valence-electron chi connectivity index (χ2n) is 23.2. The molecule has 0 aromatic carbocycles. The van der Waals surface area contributed by atoms with Gasteiger partial charge in [0.2, 0.25) is 0 Å². The van der Waals surface area contributed by atoms with Gasteiger partial charge in [-0.1, -0.05) is 354 Å². The number of aliphatic hydroxyl groups excluding tert-OH is 1. The molecule has 0 aliphatic carbocycles. The zero-order valence-electron chi connectivity index (χ0n) is 54.0. The zero-order valence-corrected chi connectivity index (χ0v) is 54.0. The summed E-state index contributed by atoms with van der Waals surface area (Å²) in [7, 11) is 0. The number of unbranched alkanes of at least 4 members (excludes halogenated alkanes) is 36. The van der Waals surface area contributed by atoms with Crippen LogP contribution in [0.25, 0.3) is 0 Å². The lowest BCUT2D eigenvalue weighted by molar-refractivity contribution is -0.161. The maximum Gasteiger partial charge on any atom is 0.306 e. The summed E-state index contributed by atoms with van der Waals surface area (Å²) in [6, 6.07) is 0. The van der Waals surface area contributed by atoms with E-state index in [2.05, 4.69) is 135 Å². The van der Waals surface area contributed by atoms with Crippen molar-refractivity contribution >= 4 is 11.9 Å². The summed E-state index contributed by atoms with van der Waals surface area (Å²) in [6.07, 6.45) is 105. The van der Waals surface area contributed by atoms with Crippen molar-refractivity contribution in [3.63, 3.8) is 0 Å². The van der Waals surface area contributed by atoms with Crippen LogP contribution in [0.3, 0.4) is 0 Å². The second kappa shape index (κ2) is 71.6. The predicted octanol–water partition coefficient (Wildman–Crippen LogP) is 24.5. The molecule has 0 bridgehead atoms. The SMILES string of the molecule is CC/C=C\C/C=C\C/C=C\C/C=C\C/C=C\C/C=C\C/C=C\C/C=C\C/C=C\C/C=C\CCCCCCCCCCCCC(=O)OC(CO)COC(=O)CCCCCCCCCCCCCCCCCCCCCCCCCCCCC. The van der Waals surface area contributed by atoms with Crippen LogP contribution >= 0.6 is 0 Å². The van der Waals surface area contributed by atoms with Crippen molar-refractivity contribution in [1.29, 1.82) is 0 Å². The van der Waals surface area contributed by atoms with Crippen LogP contribution in [0.4, 0.5) is 0 Å². The molecule has 82 heavy (non-hydrogen) atoms. The number of hydrogen-bond donors (Lipinski definition) is 1. The molecule has 0 amide bonds. The Morgan fingerprint density at radius 2 is 0.524 bits per heavy atom. The van der Waals surface area contributed by atoms with Crippen LogP contribution in [0.2, 0.25) is 0 Å². The van der Waals surface area contributed by atoms with E-state index in [0.717, 1.165) is 103 Å². The Balaban J connectivity index is 3.52. The first-order valence-electron chi connectivity index (χ1n) is 35.1. The van der Waals surface area contributed by atoms with Gasteiger partial charge in [-0.15, -0.1) is 0 Å². The van der Waals surface area contributed by atoms with E-state index >= 15 is 0 Å². The zero-order chi connectivity index (χ0) is 59.1. The van der Waals surface area contributed by atoms with Crippen LogP contribution in [0.5, 0.6) is 0 Å². The van der Waals surface area contributed by atoms with Gasteiger partial charge < -0.3 is 14.6 Å². The highest BCUT2D eigenvalue weighted by atomic mass is 16.6. The molecule has 0 heterocycles. The van der Waals surface area contributed by atoms with E-state index in [1.807, 2.05) is 0 Å². The van der Waals surface area contributed by atoms with E-state index in [9.17, 15) is 14.7 Å². The van der Waals surface area contributed by atoms with Crippen LogP contribution in [0.15, 0.2) is 122 Å². The highest BCUT2D eigenvalue weighted by molar-refractivity contribution is 5.70. The Labute approximate surface area is 509 Å². The van der Waals surface area contributed by atoms with Gasteiger partial charge in [-0.05, 0) is 89.9 Å². The molecule has 0 aromatic heterocycles. The smallest absolute Gasteiger partial charge is 0.306 e. The molecule has 1 atom stereocenters. The highest BCUT2D eigenvalue weighted by Gasteiger charge is 2.16. The number of esters is 2. The van der Waals surface area contributed by atoms with Gasteiger partial charge in [0.25, 0.3) is 0 Å². The molecule has 0 saturated heterocycles. The van der Waals surface area contributed by atoms with E-state index in [4.69, 9.17) is 9.47 Å². The van der Waals surface area contributed by atoms with Crippen molar-refractivity contribution in [2.75, 3.05) is 13.2 Å². The predicted molar refractivity (Wildman–Crippen MR) is 362 cm³/mol. The third-order valence-corrected chi connectivity index (χ3v) is 15.3. The number of hydrogen-bond acceptors (Lipinski definition) is 5. The molecule has 0 fully saturated rings. The first kappa shape index (κ1) is 78.3. The minimum atomic E-state index is -0.781. The summed E-state index contributed by atoms with van der Waals surface area (Å²) in [6.45, 7) is 4.06. The molecule has 0 saturated carbocycles. The van der Waals surface area contributed by atoms with Crippen LogP contribution in [0.1, 0.15) is 335 Å². The van der Waals surface area contributed by atoms with Crippen LogP contribution in [-0.2, 0) is 19.1 Å². The molecule has 1 N–H and O–H groups in total. The lowest BCUT2D eigenvalue weighted by Crippen LogP contribution is -2.28. The van der Waals surface area contributed by atoms with Crippen LogP contribution in [0, 0.1) is 0 Å². The van der Waals surface area contributed by atoms with Gasteiger partial charge in [0.05, 0.1) is 6.61 Å². The number of ether oxygens (including phenoxy) is 2. The van der Waals surface area contributed by atoms with Gasteiger partial charge in [0, 0.05) is 12.8 Å². The summed E-state index contributed by atoms with van der Waals surface area (Å²) in [5.41, 5.74) is 0. The Hall–Kier alpha value is -3.70. The topological polar surface area (TPSA) is 72.8 Å². The van der Waals surface area contributed by atoms with Crippen molar-refractivity contribution in [2.45, 2.75) is 341 Å². The largest absolute Gasteiger partial charge is 0.462 e. The average molecular weight is 1140 g/mol. The molecule has 0 spiro atoms. The Kier molecular flexibility index (Phi) is 68.3. The first-order valence-corrected chi connectivity index (χ1v) is 35.1. The molecular weight excluding hydrogens is 1000 g/mol. The summed E-state index contributed by atoms with van der Waals surface area (Å²) < 4.78 is 10.8. The fraction of sp³-hybridized carbons (Fsp3) is 0.714. The number of carbonyl (C=O) groups is 2. The fourth-order valence-electron chi connectivity index (χ4n) is 10.1. The first-order chi connectivity index (χ1) is 40.6. The van der Waals surface area contributed by atoms with Crippen molar-refractivity contribution in [1.82, 2.24) is 0 Å².